The molecule has 1 aromatic heterocycles. The lowest BCUT2D eigenvalue weighted by atomic mass is 9.90. The molecule has 1 atom stereocenters. The lowest BCUT2D eigenvalue weighted by Gasteiger charge is -2.30. The van der Waals surface area contributed by atoms with E-state index < -0.39 is 17.9 Å². The Labute approximate surface area is 191 Å². The molecule has 3 heterocycles. The fourth-order valence-corrected chi connectivity index (χ4v) is 4.97. The topological polar surface area (TPSA) is 29.3 Å². The number of aryl methyl sites for hydroxylation is 2. The number of aromatic nitrogens is 1. The first-order valence-corrected chi connectivity index (χ1v) is 11.7. The van der Waals surface area contributed by atoms with Crippen LogP contribution in [0.2, 0.25) is 0 Å². The first-order valence-electron chi connectivity index (χ1n) is 11.7. The fourth-order valence-electron chi connectivity index (χ4n) is 4.97. The number of unbranched alkanes of at least 4 members (excludes halogenated alkanes) is 2. The Morgan fingerprint density at radius 3 is 2.64 bits per heavy atom. The first kappa shape index (κ1) is 21.8. The number of alkyl halides is 3. The molecule has 0 fully saturated rings. The molecule has 6 heteroatoms. The van der Waals surface area contributed by atoms with Crippen molar-refractivity contribution < 1.29 is 13.2 Å². The molecule has 0 aliphatic carbocycles. The number of aliphatic imine (C=N–C) groups is 1. The predicted molar refractivity (Wildman–Crippen MR) is 130 cm³/mol. The average molecular weight is 452 g/mol. The highest BCUT2D eigenvalue weighted by Crippen LogP contribution is 2.36. The summed E-state index contributed by atoms with van der Waals surface area (Å²) < 4.78 is 40.8. The highest BCUT2D eigenvalue weighted by atomic mass is 19.4. The number of dihydropyridines is 1. The van der Waals surface area contributed by atoms with Crippen LogP contribution in [0.3, 0.4) is 0 Å². The Morgan fingerprint density at radius 2 is 1.88 bits per heavy atom. The minimum absolute atomic E-state index is 0.0544. The van der Waals surface area contributed by atoms with E-state index in [1.54, 1.807) is 0 Å². The van der Waals surface area contributed by atoms with Crippen molar-refractivity contribution in [2.24, 2.45) is 12.0 Å². The summed E-state index contributed by atoms with van der Waals surface area (Å²) in [6, 6.07) is 12.6. The van der Waals surface area contributed by atoms with E-state index in [4.69, 9.17) is 0 Å². The van der Waals surface area contributed by atoms with E-state index in [1.807, 2.05) is 6.08 Å². The standard InChI is InChI=1S/C27H28F3N3/c1-3-4-5-8-17-13-21-19-9-6-7-10-24(19)33(2)25(21)15-20(17)18-11-12-31-22(14-18)23-16-26(32-23)27(28,29)30/h6-7,9-11,13-15,23,31H,3-5,8,12,16H2,1-2H3. The molecule has 2 aliphatic rings. The van der Waals surface area contributed by atoms with Crippen LogP contribution in [0, 0.1) is 0 Å². The van der Waals surface area contributed by atoms with Crippen LogP contribution in [-0.4, -0.2) is 29.0 Å². The zero-order valence-corrected chi connectivity index (χ0v) is 19.0. The third-order valence-electron chi connectivity index (χ3n) is 6.82. The van der Waals surface area contributed by atoms with Crippen molar-refractivity contribution >= 4 is 33.1 Å². The summed E-state index contributed by atoms with van der Waals surface area (Å²) in [7, 11) is 2.09. The molecule has 0 saturated heterocycles. The number of halogens is 3. The Hall–Kier alpha value is -3.02. The molecule has 172 valence electrons. The number of hydrogen-bond acceptors (Lipinski definition) is 2. The van der Waals surface area contributed by atoms with E-state index in [2.05, 4.69) is 71.3 Å². The number of benzene rings is 2. The summed E-state index contributed by atoms with van der Waals surface area (Å²) in [5.74, 6) is 0. The Bertz CT molecular complexity index is 1310. The van der Waals surface area contributed by atoms with Crippen molar-refractivity contribution in [1.82, 2.24) is 9.88 Å². The van der Waals surface area contributed by atoms with Crippen LogP contribution in [0.25, 0.3) is 27.4 Å². The highest BCUT2D eigenvalue weighted by Gasteiger charge is 2.43. The summed E-state index contributed by atoms with van der Waals surface area (Å²) in [5.41, 5.74) is 6.01. The van der Waals surface area contributed by atoms with Crippen molar-refractivity contribution in [2.75, 3.05) is 6.54 Å². The van der Waals surface area contributed by atoms with Crippen molar-refractivity contribution in [1.29, 1.82) is 0 Å². The molecular formula is C27H28F3N3. The quantitative estimate of drug-likeness (QED) is 0.415. The monoisotopic (exact) mass is 451 g/mol. The number of nitrogens with zero attached hydrogens (tertiary/aromatic N) is 2. The van der Waals surface area contributed by atoms with Gasteiger partial charge in [-0.1, -0.05) is 44.0 Å². The molecule has 0 saturated carbocycles. The SMILES string of the molecule is CCCCCc1cc2c3ccccc3n(C)c2cc1C1=CCNC(C2CC(C(F)(F)F)=N2)=C1. The number of rotatable bonds is 6. The van der Waals surface area contributed by atoms with Crippen molar-refractivity contribution in [2.45, 2.75) is 51.2 Å². The summed E-state index contributed by atoms with van der Waals surface area (Å²) in [6.07, 6.45) is 4.18. The summed E-state index contributed by atoms with van der Waals surface area (Å²) in [6.45, 7) is 2.80. The van der Waals surface area contributed by atoms with Crippen molar-refractivity contribution in [3.8, 4) is 0 Å². The molecule has 2 aromatic carbocycles. The van der Waals surface area contributed by atoms with Gasteiger partial charge in [0.05, 0.1) is 6.04 Å². The van der Waals surface area contributed by atoms with Crippen LogP contribution in [0.5, 0.6) is 0 Å². The second kappa shape index (κ2) is 8.40. The maximum atomic E-state index is 12.9. The number of fused-ring (bicyclic) bond motifs is 3. The molecule has 0 spiro atoms. The summed E-state index contributed by atoms with van der Waals surface area (Å²) >= 11 is 0. The molecule has 1 unspecified atom stereocenters. The molecule has 1 N–H and O–H groups in total. The molecular weight excluding hydrogens is 423 g/mol. The number of para-hydroxylation sites is 1. The van der Waals surface area contributed by atoms with E-state index >= 15 is 0 Å². The lowest BCUT2D eigenvalue weighted by Crippen LogP contribution is -2.40. The Morgan fingerprint density at radius 1 is 1.09 bits per heavy atom. The van der Waals surface area contributed by atoms with Gasteiger partial charge in [-0.2, -0.15) is 13.2 Å². The predicted octanol–water partition coefficient (Wildman–Crippen LogP) is 6.71. The summed E-state index contributed by atoms with van der Waals surface area (Å²) in [4.78, 5) is 3.85. The van der Waals surface area contributed by atoms with Gasteiger partial charge >= 0.3 is 6.18 Å². The number of allylic oxidation sites excluding steroid dienone is 2. The van der Waals surface area contributed by atoms with Crippen molar-refractivity contribution in [3.05, 3.63) is 65.4 Å². The van der Waals surface area contributed by atoms with Gasteiger partial charge in [0.2, 0.25) is 0 Å². The van der Waals surface area contributed by atoms with E-state index in [9.17, 15) is 13.2 Å². The molecule has 0 amide bonds. The van der Waals surface area contributed by atoms with Gasteiger partial charge in [0, 0.05) is 47.5 Å². The van der Waals surface area contributed by atoms with E-state index in [0.717, 1.165) is 30.5 Å². The van der Waals surface area contributed by atoms with Gasteiger partial charge in [0.1, 0.15) is 5.71 Å². The Kier molecular flexibility index (Phi) is 5.55. The summed E-state index contributed by atoms with van der Waals surface area (Å²) in [5, 5.41) is 5.74. The number of nitrogens with one attached hydrogen (secondary N) is 1. The largest absolute Gasteiger partial charge is 0.429 e. The zero-order chi connectivity index (χ0) is 23.2. The second-order valence-corrected chi connectivity index (χ2v) is 8.99. The minimum Gasteiger partial charge on any atom is -0.383 e. The third-order valence-corrected chi connectivity index (χ3v) is 6.82. The van der Waals surface area contributed by atoms with Crippen molar-refractivity contribution in [3.63, 3.8) is 0 Å². The van der Waals surface area contributed by atoms with E-state index in [0.29, 0.717) is 6.54 Å². The zero-order valence-electron chi connectivity index (χ0n) is 19.0. The molecule has 3 aromatic rings. The minimum atomic E-state index is -4.32. The van der Waals surface area contributed by atoms with Gasteiger partial charge in [0.25, 0.3) is 0 Å². The van der Waals surface area contributed by atoms with Crippen LogP contribution in [0.15, 0.2) is 59.2 Å². The van der Waals surface area contributed by atoms with Crippen LogP contribution >= 0.6 is 0 Å². The Balaban J connectivity index is 1.57. The van der Waals surface area contributed by atoms with Crippen LogP contribution in [0.4, 0.5) is 13.2 Å². The van der Waals surface area contributed by atoms with Gasteiger partial charge in [-0.05, 0) is 53.8 Å². The average Bonchev–Trinajstić information content (AvgIpc) is 3.03. The molecule has 0 radical (unpaired) electrons. The molecule has 3 nitrogen and oxygen atoms in total. The third kappa shape index (κ3) is 3.96. The van der Waals surface area contributed by atoms with Crippen LogP contribution in [-0.2, 0) is 13.5 Å². The number of hydrogen-bond donors (Lipinski definition) is 1. The van der Waals surface area contributed by atoms with Gasteiger partial charge in [-0.3, -0.25) is 4.99 Å². The van der Waals surface area contributed by atoms with E-state index in [1.165, 1.54) is 39.4 Å². The maximum absolute atomic E-state index is 12.9. The maximum Gasteiger partial charge on any atom is 0.429 e. The van der Waals surface area contributed by atoms with Gasteiger partial charge in [-0.15, -0.1) is 0 Å². The van der Waals surface area contributed by atoms with Gasteiger partial charge in [0.15, 0.2) is 0 Å². The normalized spacial score (nSPS) is 18.6. The van der Waals surface area contributed by atoms with Crippen LogP contribution < -0.4 is 5.32 Å². The smallest absolute Gasteiger partial charge is 0.383 e. The lowest BCUT2D eigenvalue weighted by molar-refractivity contribution is -0.0632. The molecule has 0 bridgehead atoms. The molecule has 33 heavy (non-hydrogen) atoms. The van der Waals surface area contributed by atoms with Gasteiger partial charge < -0.3 is 9.88 Å². The highest BCUT2D eigenvalue weighted by molar-refractivity contribution is 6.09. The second-order valence-electron chi connectivity index (χ2n) is 8.99. The molecule has 2 aliphatic heterocycles. The van der Waals surface area contributed by atoms with Gasteiger partial charge in [-0.25, -0.2) is 0 Å². The van der Waals surface area contributed by atoms with Crippen LogP contribution in [0.1, 0.15) is 43.7 Å². The molecule has 5 rings (SSSR count). The van der Waals surface area contributed by atoms with E-state index in [-0.39, 0.29) is 6.42 Å². The first-order chi connectivity index (χ1) is 15.9. The fraction of sp³-hybridized carbons (Fsp3) is 0.370.